The fraction of sp³-hybridized carbons (Fsp3) is 0.387. The predicted molar refractivity (Wildman–Crippen MR) is 148 cm³/mol. The average molecular weight is 500 g/mol. The van der Waals surface area contributed by atoms with Gasteiger partial charge in [-0.2, -0.15) is 0 Å². The Balaban J connectivity index is 1.40. The number of piperidine rings is 1. The van der Waals surface area contributed by atoms with Gasteiger partial charge in [0.1, 0.15) is 12.4 Å². The normalized spacial score (nSPS) is 16.9. The van der Waals surface area contributed by atoms with Crippen LogP contribution in [0.2, 0.25) is 0 Å². The van der Waals surface area contributed by atoms with Crippen molar-refractivity contribution in [1.29, 1.82) is 0 Å². The molecule has 2 heterocycles. The second kappa shape index (κ2) is 11.0. The van der Waals surface area contributed by atoms with Gasteiger partial charge in [0.2, 0.25) is 0 Å². The molecule has 3 aromatic rings. The highest BCUT2D eigenvalue weighted by atomic mass is 16.5. The summed E-state index contributed by atoms with van der Waals surface area (Å²) < 4.78 is 11.1. The molecule has 2 fully saturated rings. The lowest BCUT2D eigenvalue weighted by Crippen LogP contribution is -2.58. The van der Waals surface area contributed by atoms with Gasteiger partial charge in [-0.25, -0.2) is 0 Å². The number of benzene rings is 3. The minimum Gasteiger partial charge on any atom is -0.489 e. The van der Waals surface area contributed by atoms with Gasteiger partial charge < -0.3 is 25.0 Å². The second-order valence-corrected chi connectivity index (χ2v) is 10.6. The molecule has 1 spiro atoms. The smallest absolute Gasteiger partial charge is 0.310 e. The van der Waals surface area contributed by atoms with Crippen LogP contribution in [0.1, 0.15) is 29.5 Å². The zero-order valence-corrected chi connectivity index (χ0v) is 21.9. The molecular formula is C31H37N3O3. The first-order chi connectivity index (χ1) is 18.0. The van der Waals surface area contributed by atoms with E-state index < -0.39 is 0 Å². The summed E-state index contributed by atoms with van der Waals surface area (Å²) in [5.74, 6) is 0.430. The van der Waals surface area contributed by atoms with Crippen LogP contribution < -0.4 is 15.4 Å². The van der Waals surface area contributed by atoms with Gasteiger partial charge in [0.15, 0.2) is 0 Å². The number of anilines is 1. The van der Waals surface area contributed by atoms with Crippen molar-refractivity contribution in [2.75, 3.05) is 45.2 Å². The number of para-hydroxylation sites is 1. The van der Waals surface area contributed by atoms with Crippen LogP contribution in [0, 0.1) is 5.41 Å². The average Bonchev–Trinajstić information content (AvgIpc) is 2.92. The molecule has 0 unspecified atom stereocenters. The minimum absolute atomic E-state index is 0.189. The lowest BCUT2D eigenvalue weighted by molar-refractivity contribution is -0.139. The van der Waals surface area contributed by atoms with E-state index in [1.54, 1.807) is 0 Å². The third-order valence-corrected chi connectivity index (χ3v) is 7.80. The first-order valence-corrected chi connectivity index (χ1v) is 13.1. The molecule has 2 N–H and O–H groups in total. The van der Waals surface area contributed by atoms with Crippen LogP contribution in [0.25, 0.3) is 11.1 Å². The highest BCUT2D eigenvalue weighted by Crippen LogP contribution is 2.41. The molecule has 0 radical (unpaired) electrons. The van der Waals surface area contributed by atoms with Gasteiger partial charge in [0, 0.05) is 44.0 Å². The first-order valence-electron chi connectivity index (χ1n) is 13.1. The van der Waals surface area contributed by atoms with Gasteiger partial charge in [-0.05, 0) is 77.9 Å². The van der Waals surface area contributed by atoms with Crippen molar-refractivity contribution < 1.29 is 14.3 Å². The molecule has 2 saturated heterocycles. The Kier molecular flexibility index (Phi) is 7.49. The molecule has 5 rings (SSSR count). The molecule has 0 saturated carbocycles. The number of nitrogens with zero attached hydrogens (tertiary/aromatic N) is 2. The first kappa shape index (κ1) is 25.3. The Labute approximate surface area is 220 Å². The van der Waals surface area contributed by atoms with Gasteiger partial charge in [0.25, 0.3) is 0 Å². The fourth-order valence-electron chi connectivity index (χ4n) is 5.82. The van der Waals surface area contributed by atoms with E-state index in [1.807, 2.05) is 24.3 Å². The molecule has 3 aromatic carbocycles. The van der Waals surface area contributed by atoms with Crippen molar-refractivity contribution in [3.05, 3.63) is 83.4 Å². The largest absolute Gasteiger partial charge is 0.489 e. The van der Waals surface area contributed by atoms with Crippen LogP contribution in [0.15, 0.2) is 66.7 Å². The number of rotatable bonds is 8. The number of likely N-dealkylation sites (tertiary alicyclic amines) is 1. The maximum atomic E-state index is 11.9. The quantitative estimate of drug-likeness (QED) is 0.456. The molecule has 0 atom stereocenters. The van der Waals surface area contributed by atoms with Crippen molar-refractivity contribution in [3.8, 4) is 16.9 Å². The van der Waals surface area contributed by atoms with E-state index >= 15 is 0 Å². The van der Waals surface area contributed by atoms with E-state index in [2.05, 4.69) is 59.3 Å². The summed E-state index contributed by atoms with van der Waals surface area (Å²) in [6.45, 7) is 5.51. The zero-order valence-electron chi connectivity index (χ0n) is 21.9. The summed E-state index contributed by atoms with van der Waals surface area (Å²) >= 11 is 0. The van der Waals surface area contributed by atoms with Crippen LogP contribution >= 0.6 is 0 Å². The van der Waals surface area contributed by atoms with E-state index in [-0.39, 0.29) is 12.4 Å². The lowest BCUT2D eigenvalue weighted by atomic mass is 9.72. The predicted octanol–water partition coefficient (Wildman–Crippen LogP) is 4.64. The summed E-state index contributed by atoms with van der Waals surface area (Å²) in [5, 5.41) is 0. The number of carbonyl (C=O) groups excluding carboxylic acids is 1. The van der Waals surface area contributed by atoms with Gasteiger partial charge in [0.05, 0.1) is 13.5 Å². The van der Waals surface area contributed by atoms with Gasteiger partial charge >= 0.3 is 5.97 Å². The molecule has 0 aromatic heterocycles. The monoisotopic (exact) mass is 499 g/mol. The molecule has 2 aliphatic rings. The molecular weight excluding hydrogens is 462 g/mol. The van der Waals surface area contributed by atoms with E-state index in [0.717, 1.165) is 40.9 Å². The molecule has 6 nitrogen and oxygen atoms in total. The van der Waals surface area contributed by atoms with Crippen LogP contribution in [0.4, 0.5) is 5.69 Å². The number of esters is 1. The van der Waals surface area contributed by atoms with Crippen molar-refractivity contribution in [1.82, 2.24) is 4.90 Å². The number of methoxy groups -OCH3 is 1. The lowest BCUT2D eigenvalue weighted by Gasteiger charge is -2.53. The van der Waals surface area contributed by atoms with E-state index in [4.69, 9.17) is 15.2 Å². The summed E-state index contributed by atoms with van der Waals surface area (Å²) in [6, 6.07) is 22.9. The molecule has 0 aliphatic carbocycles. The molecule has 0 bridgehead atoms. The van der Waals surface area contributed by atoms with Gasteiger partial charge in [-0.15, -0.1) is 0 Å². The van der Waals surface area contributed by atoms with Gasteiger partial charge in [-0.3, -0.25) is 4.79 Å². The molecule has 194 valence electrons. The second-order valence-electron chi connectivity index (χ2n) is 10.6. The third kappa shape index (κ3) is 5.81. The Morgan fingerprint density at radius 2 is 1.70 bits per heavy atom. The van der Waals surface area contributed by atoms with Crippen LogP contribution in [-0.2, 0) is 29.1 Å². The van der Waals surface area contributed by atoms with Gasteiger partial charge in [-0.1, -0.05) is 36.4 Å². The van der Waals surface area contributed by atoms with E-state index in [9.17, 15) is 4.79 Å². The maximum Gasteiger partial charge on any atom is 0.310 e. The number of carbonyl (C=O) groups is 1. The summed E-state index contributed by atoms with van der Waals surface area (Å²) in [7, 11) is 3.62. The summed E-state index contributed by atoms with van der Waals surface area (Å²) in [4.78, 5) is 16.8. The Hall–Kier alpha value is -3.35. The SMILES string of the molecule is COC(=O)Cc1ccccc1OCc1cc(-c2cccc(CN)c2)cc(N2CCC3(CC2)CN(C)C3)c1. The van der Waals surface area contributed by atoms with Crippen molar-refractivity contribution in [3.63, 3.8) is 0 Å². The van der Waals surface area contributed by atoms with E-state index in [1.165, 1.54) is 38.7 Å². The van der Waals surface area contributed by atoms with Crippen LogP contribution in [0.5, 0.6) is 5.75 Å². The minimum atomic E-state index is -0.277. The van der Waals surface area contributed by atoms with Crippen molar-refractivity contribution in [2.24, 2.45) is 11.1 Å². The molecule has 37 heavy (non-hydrogen) atoms. The topological polar surface area (TPSA) is 68.0 Å². The Morgan fingerprint density at radius 1 is 0.946 bits per heavy atom. The van der Waals surface area contributed by atoms with Crippen molar-refractivity contribution in [2.45, 2.75) is 32.4 Å². The number of hydrogen-bond acceptors (Lipinski definition) is 6. The third-order valence-electron chi connectivity index (χ3n) is 7.80. The molecule has 0 amide bonds. The summed E-state index contributed by atoms with van der Waals surface area (Å²) in [5.41, 5.74) is 13.0. The summed E-state index contributed by atoms with van der Waals surface area (Å²) in [6.07, 6.45) is 2.66. The van der Waals surface area contributed by atoms with Crippen LogP contribution in [-0.4, -0.2) is 51.2 Å². The zero-order chi connectivity index (χ0) is 25.8. The molecule has 2 aliphatic heterocycles. The molecule has 6 heteroatoms. The van der Waals surface area contributed by atoms with Crippen LogP contribution in [0.3, 0.4) is 0 Å². The number of hydrogen-bond donors (Lipinski definition) is 1. The highest BCUT2D eigenvalue weighted by molar-refractivity contribution is 5.73. The highest BCUT2D eigenvalue weighted by Gasteiger charge is 2.43. The Morgan fingerprint density at radius 3 is 2.43 bits per heavy atom. The van der Waals surface area contributed by atoms with E-state index in [0.29, 0.717) is 24.3 Å². The Bertz CT molecular complexity index is 1240. The maximum absolute atomic E-state index is 11.9. The van der Waals surface area contributed by atoms with Crippen molar-refractivity contribution >= 4 is 11.7 Å². The number of nitrogens with two attached hydrogens (primary N) is 1. The fourth-order valence-corrected chi connectivity index (χ4v) is 5.82. The standard InChI is InChI=1S/C31H37N3O3/c1-33-21-31(22-33)10-12-34(13-11-31)28-16-24(15-27(17-28)25-8-5-6-23(14-25)19-32)20-37-29-9-4-3-7-26(29)18-30(35)36-2/h3-9,14-17H,10-13,18-22,32H2,1-2H3. The number of ether oxygens (including phenoxy) is 2.